The van der Waals surface area contributed by atoms with Crippen molar-refractivity contribution < 1.29 is 14.6 Å². The van der Waals surface area contributed by atoms with E-state index in [1.165, 1.54) is 7.11 Å². The second-order valence-corrected chi connectivity index (χ2v) is 4.99. The molecule has 0 aliphatic heterocycles. The minimum absolute atomic E-state index is 0.00997. The number of rotatable bonds is 7. The number of phenols is 1. The summed E-state index contributed by atoms with van der Waals surface area (Å²) in [4.78, 5) is 13.7. The number of carbonyl (C=O) groups excluding carboxylic acids is 1. The number of likely N-dealkylation sites (N-methyl/N-ethyl adjacent to an activating group) is 1. The fourth-order valence-corrected chi connectivity index (χ4v) is 1.95. The van der Waals surface area contributed by atoms with Gasteiger partial charge in [-0.15, -0.1) is 0 Å². The average molecular weight is 280 g/mol. The molecule has 0 saturated carbocycles. The van der Waals surface area contributed by atoms with Crippen molar-refractivity contribution in [1.82, 2.24) is 10.2 Å². The summed E-state index contributed by atoms with van der Waals surface area (Å²) < 4.78 is 5.09. The molecule has 20 heavy (non-hydrogen) atoms. The molecule has 0 aromatic heterocycles. The van der Waals surface area contributed by atoms with Crippen molar-refractivity contribution in [2.24, 2.45) is 0 Å². The van der Waals surface area contributed by atoms with Gasteiger partial charge in [0.15, 0.2) is 11.5 Å². The van der Waals surface area contributed by atoms with Crippen LogP contribution in [-0.2, 0) is 11.3 Å². The lowest BCUT2D eigenvalue weighted by Gasteiger charge is -2.21. The molecule has 112 valence electrons. The van der Waals surface area contributed by atoms with E-state index in [-0.39, 0.29) is 17.7 Å². The number of hydrogen-bond acceptors (Lipinski definition) is 4. The van der Waals surface area contributed by atoms with E-state index < -0.39 is 0 Å². The fourth-order valence-electron chi connectivity index (χ4n) is 1.95. The zero-order valence-corrected chi connectivity index (χ0v) is 12.6. The fraction of sp³-hybridized carbons (Fsp3) is 0.533. The number of nitrogens with one attached hydrogen (secondary N) is 1. The average Bonchev–Trinajstić information content (AvgIpc) is 2.39. The van der Waals surface area contributed by atoms with Crippen LogP contribution in [0.3, 0.4) is 0 Å². The molecule has 0 bridgehead atoms. The first kappa shape index (κ1) is 16.3. The van der Waals surface area contributed by atoms with Gasteiger partial charge < -0.3 is 15.2 Å². The van der Waals surface area contributed by atoms with Gasteiger partial charge in [-0.1, -0.05) is 19.1 Å². The van der Waals surface area contributed by atoms with Crippen LogP contribution in [-0.4, -0.2) is 42.2 Å². The Labute approximate surface area is 120 Å². The highest BCUT2D eigenvalue weighted by atomic mass is 16.5. The van der Waals surface area contributed by atoms with Crippen molar-refractivity contribution in [3.63, 3.8) is 0 Å². The lowest BCUT2D eigenvalue weighted by molar-refractivity contribution is -0.122. The van der Waals surface area contributed by atoms with Gasteiger partial charge in [0.1, 0.15) is 0 Å². The highest BCUT2D eigenvalue weighted by Crippen LogP contribution is 2.30. The summed E-state index contributed by atoms with van der Waals surface area (Å²) in [5.74, 6) is 0.576. The van der Waals surface area contributed by atoms with Gasteiger partial charge in [-0.25, -0.2) is 0 Å². The quantitative estimate of drug-likeness (QED) is 0.799. The predicted molar refractivity (Wildman–Crippen MR) is 78.9 cm³/mol. The maximum atomic E-state index is 11.8. The van der Waals surface area contributed by atoms with E-state index in [2.05, 4.69) is 5.32 Å². The van der Waals surface area contributed by atoms with Gasteiger partial charge in [0.25, 0.3) is 0 Å². The molecule has 0 fully saturated rings. The molecule has 5 nitrogen and oxygen atoms in total. The minimum atomic E-state index is -0.00997. The summed E-state index contributed by atoms with van der Waals surface area (Å²) in [6, 6.07) is 5.50. The summed E-state index contributed by atoms with van der Waals surface area (Å²) in [6.45, 7) is 7.39. The second kappa shape index (κ2) is 7.75. The standard InChI is InChI=1S/C15H24N2O3/c1-5-17(10-14(18)16-11(2)3)9-12-7-6-8-13(20-4)15(12)19/h6-8,11,19H,5,9-10H2,1-4H3,(H,16,18). The van der Waals surface area contributed by atoms with Crippen LogP contribution in [0.1, 0.15) is 26.3 Å². The van der Waals surface area contributed by atoms with Gasteiger partial charge in [-0.3, -0.25) is 9.69 Å². The van der Waals surface area contributed by atoms with E-state index in [9.17, 15) is 9.90 Å². The van der Waals surface area contributed by atoms with Crippen molar-refractivity contribution in [3.05, 3.63) is 23.8 Å². The molecule has 0 aliphatic rings. The van der Waals surface area contributed by atoms with E-state index in [0.717, 1.165) is 12.1 Å². The van der Waals surface area contributed by atoms with Crippen molar-refractivity contribution in [3.8, 4) is 11.5 Å². The van der Waals surface area contributed by atoms with E-state index in [0.29, 0.717) is 18.8 Å². The van der Waals surface area contributed by atoms with Crippen LogP contribution in [0, 0.1) is 0 Å². The number of aromatic hydroxyl groups is 1. The smallest absolute Gasteiger partial charge is 0.234 e. The minimum Gasteiger partial charge on any atom is -0.504 e. The van der Waals surface area contributed by atoms with Gasteiger partial charge in [0, 0.05) is 18.2 Å². The zero-order chi connectivity index (χ0) is 15.1. The van der Waals surface area contributed by atoms with E-state index in [1.54, 1.807) is 6.07 Å². The van der Waals surface area contributed by atoms with Crippen LogP contribution in [0.15, 0.2) is 18.2 Å². The maximum Gasteiger partial charge on any atom is 0.234 e. The Balaban J connectivity index is 2.71. The van der Waals surface area contributed by atoms with Crippen LogP contribution < -0.4 is 10.1 Å². The number of benzene rings is 1. The first-order valence-corrected chi connectivity index (χ1v) is 6.84. The molecule has 2 N–H and O–H groups in total. The molecule has 0 saturated heterocycles. The molecule has 0 spiro atoms. The highest BCUT2D eigenvalue weighted by Gasteiger charge is 2.14. The molecule has 5 heteroatoms. The Bertz CT molecular complexity index is 447. The molecule has 1 aromatic rings. The Morgan fingerprint density at radius 2 is 2.15 bits per heavy atom. The van der Waals surface area contributed by atoms with Crippen molar-refractivity contribution in [2.45, 2.75) is 33.4 Å². The number of carbonyl (C=O) groups is 1. The van der Waals surface area contributed by atoms with Crippen molar-refractivity contribution in [1.29, 1.82) is 0 Å². The second-order valence-electron chi connectivity index (χ2n) is 4.99. The highest BCUT2D eigenvalue weighted by molar-refractivity contribution is 5.78. The summed E-state index contributed by atoms with van der Waals surface area (Å²) in [5.41, 5.74) is 0.753. The number of nitrogens with zero attached hydrogens (tertiary/aromatic N) is 1. The van der Waals surface area contributed by atoms with E-state index in [4.69, 9.17) is 4.74 Å². The third-order valence-electron chi connectivity index (χ3n) is 2.96. The number of ether oxygens (including phenoxy) is 1. The lowest BCUT2D eigenvalue weighted by atomic mass is 10.1. The van der Waals surface area contributed by atoms with Gasteiger partial charge >= 0.3 is 0 Å². The zero-order valence-electron chi connectivity index (χ0n) is 12.6. The van der Waals surface area contributed by atoms with Crippen LogP contribution >= 0.6 is 0 Å². The van der Waals surface area contributed by atoms with Crippen LogP contribution in [0.4, 0.5) is 0 Å². The Morgan fingerprint density at radius 1 is 1.45 bits per heavy atom. The molecular weight excluding hydrogens is 256 g/mol. The third-order valence-corrected chi connectivity index (χ3v) is 2.96. The summed E-state index contributed by atoms with van der Waals surface area (Å²) in [7, 11) is 1.52. The number of para-hydroxylation sites is 1. The molecule has 1 aromatic carbocycles. The van der Waals surface area contributed by atoms with Crippen molar-refractivity contribution in [2.75, 3.05) is 20.2 Å². The predicted octanol–water partition coefficient (Wildman–Crippen LogP) is 1.75. The van der Waals surface area contributed by atoms with Gasteiger partial charge in [0.2, 0.25) is 5.91 Å². The van der Waals surface area contributed by atoms with E-state index in [1.807, 2.05) is 37.8 Å². The Morgan fingerprint density at radius 3 is 2.70 bits per heavy atom. The van der Waals surface area contributed by atoms with Crippen molar-refractivity contribution >= 4 is 5.91 Å². The molecule has 0 aliphatic carbocycles. The lowest BCUT2D eigenvalue weighted by Crippen LogP contribution is -2.39. The molecule has 1 amide bonds. The molecular formula is C15H24N2O3. The van der Waals surface area contributed by atoms with Crippen LogP contribution in [0.25, 0.3) is 0 Å². The molecule has 0 heterocycles. The monoisotopic (exact) mass is 280 g/mol. The van der Waals surface area contributed by atoms with E-state index >= 15 is 0 Å². The molecule has 0 atom stereocenters. The van der Waals surface area contributed by atoms with Gasteiger partial charge in [0.05, 0.1) is 13.7 Å². The van der Waals surface area contributed by atoms with Crippen LogP contribution in [0.2, 0.25) is 0 Å². The summed E-state index contributed by atoms with van der Waals surface area (Å²) >= 11 is 0. The molecule has 1 rings (SSSR count). The SMILES string of the molecule is CCN(CC(=O)NC(C)C)Cc1cccc(OC)c1O. The van der Waals surface area contributed by atoms with Gasteiger partial charge in [-0.2, -0.15) is 0 Å². The summed E-state index contributed by atoms with van der Waals surface area (Å²) in [6.07, 6.45) is 0. The third kappa shape index (κ3) is 4.74. The van der Waals surface area contributed by atoms with Gasteiger partial charge in [-0.05, 0) is 26.5 Å². The number of hydrogen-bond donors (Lipinski definition) is 2. The van der Waals surface area contributed by atoms with Crippen LogP contribution in [0.5, 0.6) is 11.5 Å². The largest absolute Gasteiger partial charge is 0.504 e. The normalized spacial score (nSPS) is 10.9. The Hall–Kier alpha value is -1.75. The first-order chi connectivity index (χ1) is 9.47. The summed E-state index contributed by atoms with van der Waals surface area (Å²) in [5, 5.41) is 12.9. The number of amides is 1. The number of methoxy groups -OCH3 is 1. The maximum absolute atomic E-state index is 11.8. The Kier molecular flexibility index (Phi) is 6.31. The topological polar surface area (TPSA) is 61.8 Å². The molecule has 0 radical (unpaired) electrons. The number of phenolic OH excluding ortho intramolecular Hbond substituents is 1. The first-order valence-electron chi connectivity index (χ1n) is 6.84. The molecule has 0 unspecified atom stereocenters.